The van der Waals surface area contributed by atoms with E-state index in [4.69, 9.17) is 10.2 Å². The molecule has 1 aliphatic heterocycles. The van der Waals surface area contributed by atoms with Gasteiger partial charge in [0.05, 0.1) is 12.1 Å². The van der Waals surface area contributed by atoms with Gasteiger partial charge < -0.3 is 15.1 Å². The van der Waals surface area contributed by atoms with Gasteiger partial charge in [-0.3, -0.25) is 9.36 Å². The van der Waals surface area contributed by atoms with Crippen molar-refractivity contribution in [3.63, 3.8) is 0 Å². The van der Waals surface area contributed by atoms with Crippen molar-refractivity contribution in [3.8, 4) is 11.8 Å². The Morgan fingerprint density at radius 1 is 1.24 bits per heavy atom. The van der Waals surface area contributed by atoms with Crippen molar-refractivity contribution in [2.75, 3.05) is 18.0 Å². The molecular formula is C25H26N6O2. The van der Waals surface area contributed by atoms with Crippen LogP contribution in [0.5, 0.6) is 0 Å². The first-order valence-electron chi connectivity index (χ1n) is 11.5. The molecule has 2 aliphatic carbocycles. The van der Waals surface area contributed by atoms with E-state index in [1.807, 2.05) is 0 Å². The Morgan fingerprint density at radius 3 is 2.82 bits per heavy atom. The van der Waals surface area contributed by atoms with Crippen LogP contribution >= 0.6 is 0 Å². The molecule has 1 spiro atoms. The molecule has 3 aliphatic rings. The third kappa shape index (κ3) is 3.35. The summed E-state index contributed by atoms with van der Waals surface area (Å²) in [6.07, 6.45) is 6.82. The van der Waals surface area contributed by atoms with Crippen molar-refractivity contribution in [1.82, 2.24) is 19.7 Å². The van der Waals surface area contributed by atoms with E-state index in [1.54, 1.807) is 17.8 Å². The molecule has 0 amide bonds. The SMILES string of the molecule is Cn1c(N2CCC3(CC2)Cc2ccccc2[C@H]3N)ncc(C#CC2CC2c2nnco2)c1=O. The van der Waals surface area contributed by atoms with Gasteiger partial charge in [-0.1, -0.05) is 36.1 Å². The zero-order valence-corrected chi connectivity index (χ0v) is 18.6. The van der Waals surface area contributed by atoms with Gasteiger partial charge in [-0.2, -0.15) is 0 Å². The Bertz CT molecular complexity index is 1310. The molecule has 2 N–H and O–H groups in total. The van der Waals surface area contributed by atoms with Crippen LogP contribution in [-0.2, 0) is 13.5 Å². The highest BCUT2D eigenvalue weighted by atomic mass is 16.4. The fourth-order valence-corrected chi connectivity index (χ4v) is 5.51. The molecule has 1 saturated heterocycles. The van der Waals surface area contributed by atoms with Crippen LogP contribution in [0, 0.1) is 23.2 Å². The van der Waals surface area contributed by atoms with E-state index in [1.165, 1.54) is 17.5 Å². The molecule has 33 heavy (non-hydrogen) atoms. The maximum Gasteiger partial charge on any atom is 0.270 e. The van der Waals surface area contributed by atoms with Crippen LogP contribution in [0.25, 0.3) is 0 Å². The molecule has 8 nitrogen and oxygen atoms in total. The van der Waals surface area contributed by atoms with Crippen molar-refractivity contribution in [2.24, 2.45) is 24.1 Å². The summed E-state index contributed by atoms with van der Waals surface area (Å²) in [4.78, 5) is 19.8. The maximum absolute atomic E-state index is 13.0. The van der Waals surface area contributed by atoms with Crippen LogP contribution in [0.1, 0.15) is 53.8 Å². The summed E-state index contributed by atoms with van der Waals surface area (Å²) in [5, 5.41) is 7.66. The largest absolute Gasteiger partial charge is 0.428 e. The van der Waals surface area contributed by atoms with Gasteiger partial charge in [-0.25, -0.2) is 4.98 Å². The Morgan fingerprint density at radius 2 is 2.06 bits per heavy atom. The number of hydrogen-bond donors (Lipinski definition) is 1. The minimum atomic E-state index is -0.118. The lowest BCUT2D eigenvalue weighted by Crippen LogP contribution is -2.46. The number of piperidine rings is 1. The van der Waals surface area contributed by atoms with Gasteiger partial charge in [-0.15, -0.1) is 10.2 Å². The third-order valence-corrected chi connectivity index (χ3v) is 7.66. The zero-order valence-electron chi connectivity index (χ0n) is 18.6. The van der Waals surface area contributed by atoms with E-state index in [2.05, 4.69) is 56.2 Å². The molecule has 3 aromatic rings. The number of hydrogen-bond acceptors (Lipinski definition) is 7. The van der Waals surface area contributed by atoms with Gasteiger partial charge >= 0.3 is 0 Å². The first-order valence-corrected chi connectivity index (χ1v) is 11.5. The Balaban J connectivity index is 1.16. The highest BCUT2D eigenvalue weighted by Crippen LogP contribution is 2.50. The maximum atomic E-state index is 13.0. The predicted octanol–water partition coefficient (Wildman–Crippen LogP) is 2.16. The smallest absolute Gasteiger partial charge is 0.270 e. The van der Waals surface area contributed by atoms with Crippen LogP contribution in [0.2, 0.25) is 0 Å². The first-order chi connectivity index (χ1) is 16.1. The van der Waals surface area contributed by atoms with E-state index >= 15 is 0 Å². The predicted molar refractivity (Wildman–Crippen MR) is 122 cm³/mol. The van der Waals surface area contributed by atoms with Crippen LogP contribution < -0.4 is 16.2 Å². The van der Waals surface area contributed by atoms with Crippen LogP contribution in [0.15, 0.2) is 46.1 Å². The van der Waals surface area contributed by atoms with Crippen molar-refractivity contribution in [2.45, 2.75) is 37.6 Å². The topological polar surface area (TPSA) is 103 Å². The molecular weight excluding hydrogens is 416 g/mol. The van der Waals surface area contributed by atoms with Gasteiger partial charge in [0, 0.05) is 32.1 Å². The Labute approximate surface area is 191 Å². The van der Waals surface area contributed by atoms with Gasteiger partial charge in [0.1, 0.15) is 5.56 Å². The Hall–Kier alpha value is -3.44. The highest BCUT2D eigenvalue weighted by molar-refractivity contribution is 5.42. The summed E-state index contributed by atoms with van der Waals surface area (Å²) >= 11 is 0. The summed E-state index contributed by atoms with van der Waals surface area (Å²) in [6.45, 7) is 1.67. The molecule has 3 atom stereocenters. The number of anilines is 1. The van der Waals surface area contributed by atoms with E-state index in [0.717, 1.165) is 38.8 Å². The lowest BCUT2D eigenvalue weighted by Gasteiger charge is -2.42. The van der Waals surface area contributed by atoms with Crippen molar-refractivity contribution in [1.29, 1.82) is 0 Å². The number of nitrogens with zero attached hydrogens (tertiary/aromatic N) is 5. The summed E-state index contributed by atoms with van der Waals surface area (Å²) in [5.74, 6) is 7.81. The van der Waals surface area contributed by atoms with E-state index in [-0.39, 0.29) is 28.9 Å². The molecule has 2 fully saturated rings. The molecule has 1 saturated carbocycles. The van der Waals surface area contributed by atoms with Crippen molar-refractivity contribution in [3.05, 3.63) is 69.8 Å². The summed E-state index contributed by atoms with van der Waals surface area (Å²) in [5.41, 5.74) is 9.77. The van der Waals surface area contributed by atoms with Gasteiger partial charge in [0.25, 0.3) is 5.56 Å². The first kappa shape index (κ1) is 20.2. The number of rotatable bonds is 2. The average molecular weight is 443 g/mol. The molecule has 1 aromatic carbocycles. The molecule has 8 heteroatoms. The van der Waals surface area contributed by atoms with E-state index in [9.17, 15) is 4.79 Å². The number of fused-ring (bicyclic) bond motifs is 1. The van der Waals surface area contributed by atoms with E-state index < -0.39 is 0 Å². The summed E-state index contributed by atoms with van der Waals surface area (Å²) in [6, 6.07) is 8.61. The lowest BCUT2D eigenvalue weighted by atomic mass is 9.73. The Kier molecular flexibility index (Phi) is 4.63. The van der Waals surface area contributed by atoms with Crippen molar-refractivity contribution < 1.29 is 4.42 Å². The minimum Gasteiger partial charge on any atom is -0.428 e. The van der Waals surface area contributed by atoms with Gasteiger partial charge in [0.15, 0.2) is 0 Å². The molecule has 2 aromatic heterocycles. The summed E-state index contributed by atoms with van der Waals surface area (Å²) < 4.78 is 6.86. The second-order valence-electron chi connectivity index (χ2n) is 9.53. The van der Waals surface area contributed by atoms with Crippen LogP contribution in [-0.4, -0.2) is 32.8 Å². The molecule has 2 unspecified atom stereocenters. The minimum absolute atomic E-state index is 0.0729. The van der Waals surface area contributed by atoms with Crippen molar-refractivity contribution >= 4 is 5.95 Å². The van der Waals surface area contributed by atoms with Crippen LogP contribution in [0.4, 0.5) is 5.95 Å². The third-order valence-electron chi connectivity index (χ3n) is 7.66. The normalized spacial score (nSPS) is 24.9. The highest BCUT2D eigenvalue weighted by Gasteiger charge is 2.46. The van der Waals surface area contributed by atoms with Gasteiger partial charge in [-0.05, 0) is 42.2 Å². The molecule has 168 valence electrons. The monoisotopic (exact) mass is 442 g/mol. The number of benzene rings is 1. The zero-order chi connectivity index (χ0) is 22.6. The molecule has 6 rings (SSSR count). The number of nitrogens with two attached hydrogens (primary N) is 1. The average Bonchev–Trinajstić information content (AvgIpc) is 3.28. The second kappa shape index (κ2) is 7.56. The van der Waals surface area contributed by atoms with Gasteiger partial charge in [0.2, 0.25) is 18.2 Å². The fraction of sp³-hybridized carbons (Fsp3) is 0.440. The molecule has 0 radical (unpaired) electrons. The van der Waals surface area contributed by atoms with Crippen LogP contribution in [0.3, 0.4) is 0 Å². The molecule has 0 bridgehead atoms. The summed E-state index contributed by atoms with van der Waals surface area (Å²) in [7, 11) is 1.77. The lowest BCUT2D eigenvalue weighted by molar-refractivity contribution is 0.186. The number of aromatic nitrogens is 4. The standard InChI is InChI=1S/C25H26N6O2/c1-30-23(32)18(7-6-16-12-20(16)22-29-28-15-33-22)14-27-24(30)31-10-8-25(9-11-31)13-17-4-2-3-5-19(17)21(25)26/h2-5,14-16,20-21H,8-13,26H2,1H3/t16?,20?,21-/m1/s1. The fourth-order valence-electron chi connectivity index (χ4n) is 5.51. The quantitative estimate of drug-likeness (QED) is 0.607. The second-order valence-corrected chi connectivity index (χ2v) is 9.53. The molecule has 3 heterocycles. The van der Waals surface area contributed by atoms with E-state index in [0.29, 0.717) is 17.4 Å².